The molecule has 4 nitrogen and oxygen atoms in total. The van der Waals surface area contributed by atoms with E-state index < -0.39 is 5.25 Å². The summed E-state index contributed by atoms with van der Waals surface area (Å²) in [7, 11) is 0. The molecule has 0 aliphatic carbocycles. The molecule has 2 heterocycles. The molecule has 3 aromatic carbocycles. The van der Waals surface area contributed by atoms with Crippen LogP contribution in [0.15, 0.2) is 90.0 Å². The minimum absolute atomic E-state index is 0.00751. The zero-order chi connectivity index (χ0) is 25.1. The van der Waals surface area contributed by atoms with E-state index >= 15 is 0 Å². The first-order chi connectivity index (χ1) is 17.6. The van der Waals surface area contributed by atoms with Gasteiger partial charge in [-0.3, -0.25) is 9.69 Å². The highest BCUT2D eigenvalue weighted by atomic mass is 35.5. The number of benzene rings is 3. The van der Waals surface area contributed by atoms with Crippen molar-refractivity contribution in [2.45, 2.75) is 36.5 Å². The standard InChI is InChI=1S/C30H24ClN3OS/c1-2-28(36-29-23(19-32)15-18-25(33-29)20-13-16-24(31)17-14-20)30(35)34-26-9-5-3-7-21(26)11-12-22-8-4-6-10-27(22)34/h3-10,13-18,28H,2,11-12H2,1H3. The Bertz CT molecular complexity index is 1410. The summed E-state index contributed by atoms with van der Waals surface area (Å²) < 4.78 is 0. The van der Waals surface area contributed by atoms with E-state index in [4.69, 9.17) is 16.6 Å². The van der Waals surface area contributed by atoms with E-state index in [1.165, 1.54) is 11.8 Å². The van der Waals surface area contributed by atoms with Crippen LogP contribution in [0.3, 0.4) is 0 Å². The van der Waals surface area contributed by atoms with Gasteiger partial charge in [-0.2, -0.15) is 5.26 Å². The average molecular weight is 510 g/mol. The molecule has 0 saturated heterocycles. The zero-order valence-electron chi connectivity index (χ0n) is 19.8. The summed E-state index contributed by atoms with van der Waals surface area (Å²) in [6.45, 7) is 2.00. The number of nitriles is 1. The van der Waals surface area contributed by atoms with Gasteiger partial charge < -0.3 is 0 Å². The van der Waals surface area contributed by atoms with Gasteiger partial charge in [0, 0.05) is 10.6 Å². The quantitative estimate of drug-likeness (QED) is 0.260. The fourth-order valence-electron chi connectivity index (χ4n) is 4.50. The van der Waals surface area contributed by atoms with E-state index in [1.807, 2.05) is 78.6 Å². The number of thioether (sulfide) groups is 1. The third-order valence-electron chi connectivity index (χ3n) is 6.37. The molecule has 178 valence electrons. The number of aromatic nitrogens is 1. The summed E-state index contributed by atoms with van der Waals surface area (Å²) in [4.78, 5) is 20.8. The molecule has 5 rings (SSSR count). The van der Waals surface area contributed by atoms with E-state index in [0.29, 0.717) is 22.0 Å². The lowest BCUT2D eigenvalue weighted by Gasteiger charge is -2.28. The molecule has 0 fully saturated rings. The second kappa shape index (κ2) is 10.6. The molecule has 0 saturated carbocycles. The number of hydrogen-bond donors (Lipinski definition) is 0. The second-order valence-corrected chi connectivity index (χ2v) is 10.2. The third-order valence-corrected chi connectivity index (χ3v) is 7.98. The van der Waals surface area contributed by atoms with Gasteiger partial charge in [0.15, 0.2) is 0 Å². The molecule has 0 bridgehead atoms. The van der Waals surface area contributed by atoms with Gasteiger partial charge in [-0.25, -0.2) is 4.98 Å². The minimum Gasteiger partial charge on any atom is -0.280 e. The van der Waals surface area contributed by atoms with Crippen LogP contribution in [0.2, 0.25) is 5.02 Å². The van der Waals surface area contributed by atoms with E-state index in [2.05, 4.69) is 18.2 Å². The summed E-state index contributed by atoms with van der Waals surface area (Å²) in [6.07, 6.45) is 2.36. The third kappa shape index (κ3) is 4.75. The highest BCUT2D eigenvalue weighted by Gasteiger charge is 2.31. The number of rotatable bonds is 5. The maximum atomic E-state index is 14.2. The minimum atomic E-state index is -0.413. The predicted molar refractivity (Wildman–Crippen MR) is 147 cm³/mol. The number of carbonyl (C=O) groups is 1. The molecule has 6 heteroatoms. The molecular weight excluding hydrogens is 486 g/mol. The molecule has 0 radical (unpaired) electrons. The van der Waals surface area contributed by atoms with Gasteiger partial charge in [0.2, 0.25) is 5.91 Å². The molecule has 1 aromatic heterocycles. The highest BCUT2D eigenvalue weighted by molar-refractivity contribution is 8.00. The molecule has 4 aromatic rings. The van der Waals surface area contributed by atoms with E-state index in [1.54, 1.807) is 6.07 Å². The molecular formula is C30H24ClN3OS. The SMILES string of the molecule is CCC(Sc1nc(-c2ccc(Cl)cc2)ccc1C#N)C(=O)N1c2ccccc2CCc2ccccc21. The lowest BCUT2D eigenvalue weighted by atomic mass is 10.0. The Hall–Kier alpha value is -3.59. The van der Waals surface area contributed by atoms with Crippen molar-refractivity contribution in [3.8, 4) is 17.3 Å². The number of pyridine rings is 1. The number of amides is 1. The van der Waals surface area contributed by atoms with Crippen LogP contribution in [-0.4, -0.2) is 16.1 Å². The number of anilines is 2. The van der Waals surface area contributed by atoms with E-state index in [0.717, 1.165) is 46.6 Å². The van der Waals surface area contributed by atoms with Crippen molar-refractivity contribution >= 4 is 40.6 Å². The Morgan fingerprint density at radius 1 is 0.972 bits per heavy atom. The maximum absolute atomic E-state index is 14.2. The number of nitrogens with zero attached hydrogens (tertiary/aromatic N) is 3. The van der Waals surface area contributed by atoms with Crippen LogP contribution in [0.25, 0.3) is 11.3 Å². The van der Waals surface area contributed by atoms with Crippen LogP contribution in [0.4, 0.5) is 11.4 Å². The average Bonchev–Trinajstić information content (AvgIpc) is 3.08. The summed E-state index contributed by atoms with van der Waals surface area (Å²) >= 11 is 7.41. The normalized spacial score (nSPS) is 13.2. The number of fused-ring (bicyclic) bond motifs is 2. The summed E-state index contributed by atoms with van der Waals surface area (Å²) in [5.74, 6) is -0.00751. The van der Waals surface area contributed by atoms with Gasteiger partial charge in [0.1, 0.15) is 11.1 Å². The Morgan fingerprint density at radius 2 is 1.58 bits per heavy atom. The Labute approximate surface area is 220 Å². The van der Waals surface area contributed by atoms with E-state index in [9.17, 15) is 10.1 Å². The smallest absolute Gasteiger partial charge is 0.245 e. The zero-order valence-corrected chi connectivity index (χ0v) is 21.4. The first-order valence-electron chi connectivity index (χ1n) is 11.9. The van der Waals surface area contributed by atoms with Gasteiger partial charge in [-0.05, 0) is 66.8 Å². The Balaban J connectivity index is 1.53. The van der Waals surface area contributed by atoms with Crippen LogP contribution in [0.5, 0.6) is 0 Å². The second-order valence-electron chi connectivity index (χ2n) is 8.61. The molecule has 1 amide bonds. The summed E-state index contributed by atoms with van der Waals surface area (Å²) in [6, 6.07) is 29.5. The Kier molecular flexibility index (Phi) is 7.09. The van der Waals surface area contributed by atoms with Crippen LogP contribution >= 0.6 is 23.4 Å². The van der Waals surface area contributed by atoms with Crippen molar-refractivity contribution < 1.29 is 4.79 Å². The largest absolute Gasteiger partial charge is 0.280 e. The number of hydrogen-bond acceptors (Lipinski definition) is 4. The van der Waals surface area contributed by atoms with Gasteiger partial charge >= 0.3 is 0 Å². The van der Waals surface area contributed by atoms with Gasteiger partial charge in [0.05, 0.1) is 27.9 Å². The number of aryl methyl sites for hydroxylation is 2. The molecule has 1 aliphatic rings. The van der Waals surface area contributed by atoms with Gasteiger partial charge in [-0.1, -0.05) is 78.8 Å². The van der Waals surface area contributed by atoms with Crippen molar-refractivity contribution in [2.75, 3.05) is 4.90 Å². The van der Waals surface area contributed by atoms with Crippen molar-refractivity contribution in [1.29, 1.82) is 5.26 Å². The lowest BCUT2D eigenvalue weighted by molar-refractivity contribution is -0.117. The number of halogens is 1. The summed E-state index contributed by atoms with van der Waals surface area (Å²) in [5, 5.41) is 10.6. The monoisotopic (exact) mass is 509 g/mol. The maximum Gasteiger partial charge on any atom is 0.245 e. The van der Waals surface area contributed by atoms with Crippen molar-refractivity contribution in [3.05, 3.63) is 107 Å². The highest BCUT2D eigenvalue weighted by Crippen LogP contribution is 2.39. The topological polar surface area (TPSA) is 57.0 Å². The molecule has 1 atom stereocenters. The van der Waals surface area contributed by atoms with Crippen LogP contribution in [0.1, 0.15) is 30.0 Å². The van der Waals surface area contributed by atoms with Gasteiger partial charge in [0.25, 0.3) is 0 Å². The molecule has 1 aliphatic heterocycles. The molecule has 36 heavy (non-hydrogen) atoms. The molecule has 0 N–H and O–H groups in total. The van der Waals surface area contributed by atoms with Crippen molar-refractivity contribution in [2.24, 2.45) is 0 Å². The van der Waals surface area contributed by atoms with Crippen LogP contribution in [0, 0.1) is 11.3 Å². The first-order valence-corrected chi connectivity index (χ1v) is 13.2. The Morgan fingerprint density at radius 3 is 2.17 bits per heavy atom. The molecule has 1 unspecified atom stereocenters. The van der Waals surface area contributed by atoms with E-state index in [-0.39, 0.29) is 5.91 Å². The molecule has 0 spiro atoms. The van der Waals surface area contributed by atoms with Crippen molar-refractivity contribution in [1.82, 2.24) is 4.98 Å². The lowest BCUT2D eigenvalue weighted by Crippen LogP contribution is -2.34. The summed E-state index contributed by atoms with van der Waals surface area (Å²) in [5.41, 5.74) is 6.26. The predicted octanol–water partition coefficient (Wildman–Crippen LogP) is 7.61. The first kappa shape index (κ1) is 24.1. The van der Waals surface area contributed by atoms with Crippen molar-refractivity contribution in [3.63, 3.8) is 0 Å². The fraction of sp³-hybridized carbons (Fsp3) is 0.167. The van der Waals surface area contributed by atoms with Crippen LogP contribution < -0.4 is 4.90 Å². The number of para-hydroxylation sites is 2. The van der Waals surface area contributed by atoms with Gasteiger partial charge in [-0.15, -0.1) is 0 Å². The number of carbonyl (C=O) groups excluding carboxylic acids is 1. The fourth-order valence-corrected chi connectivity index (χ4v) is 5.66. The van der Waals surface area contributed by atoms with Crippen LogP contribution in [-0.2, 0) is 17.6 Å².